The Balaban J connectivity index is 2.11. The molecule has 3 fully saturated rings. The highest BCUT2D eigenvalue weighted by molar-refractivity contribution is 7.78. The fourth-order valence-electron chi connectivity index (χ4n) is 6.14. The maximum Gasteiger partial charge on any atom is 0.0950 e. The van der Waals surface area contributed by atoms with Crippen molar-refractivity contribution in [2.45, 2.75) is 70.9 Å². The first kappa shape index (κ1) is 18.0. The maximum absolute atomic E-state index is 12.0. The van der Waals surface area contributed by atoms with Crippen molar-refractivity contribution in [1.82, 2.24) is 0 Å². The first-order valence-corrected chi connectivity index (χ1v) is 9.79. The van der Waals surface area contributed by atoms with Crippen molar-refractivity contribution in [3.8, 4) is 0 Å². The number of allylic oxidation sites excluding steroid dienone is 1. The van der Waals surface area contributed by atoms with Gasteiger partial charge in [-0.05, 0) is 88.4 Å². The molecular formula is C21H31NOS. The predicted octanol–water partition coefficient (Wildman–Crippen LogP) is 5.19. The van der Waals surface area contributed by atoms with Crippen molar-refractivity contribution in [1.29, 1.82) is 0 Å². The summed E-state index contributed by atoms with van der Waals surface area (Å²) in [6.07, 6.45) is 7.48. The van der Waals surface area contributed by atoms with E-state index in [1.54, 1.807) is 0 Å². The second kappa shape index (κ2) is 6.20. The quantitative estimate of drug-likeness (QED) is 0.424. The molecular weight excluding hydrogens is 314 g/mol. The summed E-state index contributed by atoms with van der Waals surface area (Å²) < 4.78 is 0. The van der Waals surface area contributed by atoms with Crippen molar-refractivity contribution >= 4 is 17.4 Å². The highest BCUT2D eigenvalue weighted by Gasteiger charge is 2.62. The standard InChI is InChI=1S/C21H31NOS/c1-13(2)10-16-11-14(3)17-8-9-20(5,22-12-24)18-7-6-15(4)21(16,23)19(17)18/h10,14,16-19,23H,4,6-9,11H2,1-3,5H3/t14?,16?,17?,18?,19-,20+,21?/m1/s1. The summed E-state index contributed by atoms with van der Waals surface area (Å²) in [6.45, 7) is 13.2. The Hall–Kier alpha value is -0.760. The minimum Gasteiger partial charge on any atom is -0.385 e. The Morgan fingerprint density at radius 1 is 1.42 bits per heavy atom. The van der Waals surface area contributed by atoms with Crippen molar-refractivity contribution in [3.05, 3.63) is 23.8 Å². The summed E-state index contributed by atoms with van der Waals surface area (Å²) in [5.74, 6) is 1.98. The van der Waals surface area contributed by atoms with Crippen LogP contribution in [0.4, 0.5) is 0 Å². The summed E-state index contributed by atoms with van der Waals surface area (Å²) in [6, 6.07) is 0. The minimum absolute atomic E-state index is 0.174. The van der Waals surface area contributed by atoms with Gasteiger partial charge in [0.2, 0.25) is 0 Å². The molecule has 0 amide bonds. The number of aliphatic hydroxyl groups is 1. The molecule has 0 heterocycles. The topological polar surface area (TPSA) is 32.6 Å². The van der Waals surface area contributed by atoms with Crippen LogP contribution in [0.1, 0.15) is 59.8 Å². The number of thiocarbonyl (C=S) groups is 1. The van der Waals surface area contributed by atoms with Gasteiger partial charge in [0.15, 0.2) is 0 Å². The van der Waals surface area contributed by atoms with Gasteiger partial charge in [-0.1, -0.05) is 25.2 Å². The molecule has 24 heavy (non-hydrogen) atoms. The van der Waals surface area contributed by atoms with E-state index in [1.165, 1.54) is 5.57 Å². The molecule has 3 heteroatoms. The van der Waals surface area contributed by atoms with Crippen LogP contribution in [-0.4, -0.2) is 21.4 Å². The molecule has 3 aliphatic carbocycles. The second-order valence-corrected chi connectivity index (χ2v) is 9.11. The van der Waals surface area contributed by atoms with Gasteiger partial charge in [-0.3, -0.25) is 0 Å². The first-order chi connectivity index (χ1) is 11.2. The Morgan fingerprint density at radius 2 is 2.12 bits per heavy atom. The van der Waals surface area contributed by atoms with Gasteiger partial charge in [-0.25, -0.2) is 4.99 Å². The lowest BCUT2D eigenvalue weighted by Crippen LogP contribution is -2.64. The van der Waals surface area contributed by atoms with Gasteiger partial charge in [0, 0.05) is 11.8 Å². The molecule has 3 rings (SSSR count). The molecule has 5 unspecified atom stereocenters. The van der Waals surface area contributed by atoms with Crippen LogP contribution < -0.4 is 0 Å². The monoisotopic (exact) mass is 345 g/mol. The smallest absolute Gasteiger partial charge is 0.0950 e. The average molecular weight is 346 g/mol. The molecule has 7 atom stereocenters. The molecule has 0 aromatic heterocycles. The number of aliphatic imine (C=N–C) groups is 1. The maximum atomic E-state index is 12.0. The van der Waals surface area contributed by atoms with Crippen LogP contribution in [0.3, 0.4) is 0 Å². The predicted molar refractivity (Wildman–Crippen MR) is 103 cm³/mol. The summed E-state index contributed by atoms with van der Waals surface area (Å²) in [4.78, 5) is 4.60. The van der Waals surface area contributed by atoms with Gasteiger partial charge in [-0.2, -0.15) is 0 Å². The van der Waals surface area contributed by atoms with E-state index in [0.29, 0.717) is 17.8 Å². The Morgan fingerprint density at radius 3 is 2.75 bits per heavy atom. The van der Waals surface area contributed by atoms with Crippen molar-refractivity contribution in [3.63, 3.8) is 0 Å². The third kappa shape index (κ3) is 2.57. The molecule has 3 aliphatic rings. The van der Waals surface area contributed by atoms with Gasteiger partial charge < -0.3 is 5.11 Å². The number of hydrogen-bond acceptors (Lipinski definition) is 3. The third-order valence-corrected chi connectivity index (χ3v) is 7.36. The van der Waals surface area contributed by atoms with E-state index < -0.39 is 5.60 Å². The zero-order valence-corrected chi connectivity index (χ0v) is 16.3. The molecule has 2 nitrogen and oxygen atoms in total. The largest absolute Gasteiger partial charge is 0.385 e. The molecule has 3 saturated carbocycles. The average Bonchev–Trinajstić information content (AvgIpc) is 2.49. The SMILES string of the molecule is C=C1CCC2[C@H]3C(CC[C@]2(C)N=C=S)C(C)CC(C=C(C)C)C13O. The van der Waals surface area contributed by atoms with Crippen LogP contribution in [0.15, 0.2) is 28.8 Å². The zero-order chi connectivity index (χ0) is 17.7. The lowest BCUT2D eigenvalue weighted by Gasteiger charge is -2.62. The van der Waals surface area contributed by atoms with Crippen LogP contribution in [0, 0.1) is 29.6 Å². The summed E-state index contributed by atoms with van der Waals surface area (Å²) in [5.41, 5.74) is 1.36. The van der Waals surface area contributed by atoms with E-state index in [-0.39, 0.29) is 17.4 Å². The molecule has 1 N–H and O–H groups in total. The van der Waals surface area contributed by atoms with Gasteiger partial charge in [-0.15, -0.1) is 0 Å². The van der Waals surface area contributed by atoms with Crippen LogP contribution in [-0.2, 0) is 0 Å². The molecule has 0 spiro atoms. The van der Waals surface area contributed by atoms with Gasteiger partial charge >= 0.3 is 0 Å². The summed E-state index contributed by atoms with van der Waals surface area (Å²) >= 11 is 4.95. The summed E-state index contributed by atoms with van der Waals surface area (Å²) in [7, 11) is 0. The number of rotatable bonds is 2. The lowest BCUT2D eigenvalue weighted by molar-refractivity contribution is -0.159. The molecule has 0 aliphatic heterocycles. The van der Waals surface area contributed by atoms with Crippen LogP contribution >= 0.6 is 12.2 Å². The summed E-state index contributed by atoms with van der Waals surface area (Å²) in [5, 5.41) is 14.6. The van der Waals surface area contributed by atoms with E-state index in [0.717, 1.165) is 37.7 Å². The van der Waals surface area contributed by atoms with E-state index in [1.807, 2.05) is 0 Å². The van der Waals surface area contributed by atoms with Gasteiger partial charge in [0.25, 0.3) is 0 Å². The van der Waals surface area contributed by atoms with E-state index >= 15 is 0 Å². The molecule has 0 bridgehead atoms. The van der Waals surface area contributed by atoms with E-state index in [2.05, 4.69) is 50.5 Å². The normalized spacial score (nSPS) is 47.4. The Bertz CT molecular complexity index is 615. The Kier molecular flexibility index (Phi) is 4.66. The second-order valence-electron chi connectivity index (χ2n) is 8.93. The third-order valence-electron chi connectivity index (χ3n) is 7.27. The number of hydrogen-bond donors (Lipinski definition) is 1. The van der Waals surface area contributed by atoms with E-state index in [4.69, 9.17) is 12.2 Å². The van der Waals surface area contributed by atoms with Crippen LogP contribution in [0.5, 0.6) is 0 Å². The van der Waals surface area contributed by atoms with Crippen molar-refractivity contribution in [2.24, 2.45) is 34.6 Å². The fraction of sp³-hybridized carbons (Fsp3) is 0.762. The first-order valence-electron chi connectivity index (χ1n) is 9.38. The van der Waals surface area contributed by atoms with Crippen LogP contribution in [0.25, 0.3) is 0 Å². The number of isothiocyanates is 1. The fourth-order valence-corrected chi connectivity index (χ4v) is 6.35. The Labute approximate surface area is 152 Å². The van der Waals surface area contributed by atoms with E-state index in [9.17, 15) is 5.11 Å². The van der Waals surface area contributed by atoms with Crippen molar-refractivity contribution in [2.75, 3.05) is 0 Å². The molecule has 0 aromatic carbocycles. The molecule has 132 valence electrons. The highest BCUT2D eigenvalue weighted by Crippen LogP contribution is 2.62. The lowest BCUT2D eigenvalue weighted by atomic mass is 9.45. The van der Waals surface area contributed by atoms with Gasteiger partial charge in [0.05, 0.1) is 16.3 Å². The highest BCUT2D eigenvalue weighted by atomic mass is 32.1. The minimum atomic E-state index is -0.782. The van der Waals surface area contributed by atoms with Crippen LogP contribution in [0.2, 0.25) is 0 Å². The zero-order valence-electron chi connectivity index (χ0n) is 15.5. The molecule has 0 aromatic rings. The van der Waals surface area contributed by atoms with Gasteiger partial charge in [0.1, 0.15) is 0 Å². The van der Waals surface area contributed by atoms with Crippen molar-refractivity contribution < 1.29 is 5.11 Å². The number of nitrogens with zero attached hydrogens (tertiary/aromatic N) is 1. The molecule has 0 radical (unpaired) electrons. The molecule has 0 saturated heterocycles.